The maximum atomic E-state index is 12.2. The first kappa shape index (κ1) is 15.2. The normalized spacial score (nSPS) is 12.3. The molecule has 0 aliphatic rings. The number of nitrogens with two attached hydrogens (primary N) is 1. The van der Waals surface area contributed by atoms with Gasteiger partial charge in [-0.3, -0.25) is 0 Å². The summed E-state index contributed by atoms with van der Waals surface area (Å²) in [6, 6.07) is 3.90. The van der Waals surface area contributed by atoms with E-state index in [2.05, 4.69) is 15.9 Å². The van der Waals surface area contributed by atoms with Gasteiger partial charge < -0.3 is 15.2 Å². The van der Waals surface area contributed by atoms with Gasteiger partial charge in [-0.2, -0.15) is 0 Å². The molecule has 0 bridgehead atoms. The molecule has 1 unspecified atom stereocenters. The fourth-order valence-corrected chi connectivity index (χ4v) is 2.26. The Kier molecular flexibility index (Phi) is 6.43. The van der Waals surface area contributed by atoms with E-state index in [1.165, 1.54) is 0 Å². The lowest BCUT2D eigenvalue weighted by atomic mass is 10.1. The minimum Gasteiger partial charge on any atom is -0.490 e. The predicted molar refractivity (Wildman–Crippen MR) is 74.1 cm³/mol. The van der Waals surface area contributed by atoms with Crippen molar-refractivity contribution in [1.82, 2.24) is 0 Å². The van der Waals surface area contributed by atoms with Crippen LogP contribution in [0.3, 0.4) is 0 Å². The van der Waals surface area contributed by atoms with Crippen LogP contribution in [0.2, 0.25) is 0 Å². The van der Waals surface area contributed by atoms with E-state index in [1.807, 2.05) is 26.0 Å². The van der Waals surface area contributed by atoms with Crippen molar-refractivity contribution in [3.63, 3.8) is 0 Å². The second-order valence-electron chi connectivity index (χ2n) is 4.06. The van der Waals surface area contributed by atoms with Gasteiger partial charge in [0.05, 0.1) is 11.1 Å². The zero-order valence-corrected chi connectivity index (χ0v) is 12.3. The fourth-order valence-electron chi connectivity index (χ4n) is 1.65. The van der Waals surface area contributed by atoms with E-state index < -0.39 is 6.67 Å². The molecule has 0 saturated carbocycles. The van der Waals surface area contributed by atoms with Gasteiger partial charge in [0.2, 0.25) is 0 Å². The Morgan fingerprint density at radius 1 is 1.39 bits per heavy atom. The summed E-state index contributed by atoms with van der Waals surface area (Å²) in [6.45, 7) is 3.86. The average molecular weight is 320 g/mol. The van der Waals surface area contributed by atoms with Crippen LogP contribution < -0.4 is 15.2 Å². The lowest BCUT2D eigenvalue weighted by Gasteiger charge is -2.15. The standard InChI is InChI=1S/C13H19BrFNO2/c1-3-17-12-8-10(6-9(2)16)7-11(14)13(12)18-5-4-15/h7-9H,3-6,16H2,1-2H3. The van der Waals surface area contributed by atoms with Gasteiger partial charge in [-0.25, -0.2) is 4.39 Å². The molecule has 1 rings (SSSR count). The Labute approximate surface area is 116 Å². The quantitative estimate of drug-likeness (QED) is 0.840. The summed E-state index contributed by atoms with van der Waals surface area (Å²) < 4.78 is 23.8. The van der Waals surface area contributed by atoms with Crippen molar-refractivity contribution in [3.05, 3.63) is 22.2 Å². The molecule has 0 aromatic heterocycles. The van der Waals surface area contributed by atoms with Gasteiger partial charge in [0.1, 0.15) is 13.3 Å². The highest BCUT2D eigenvalue weighted by molar-refractivity contribution is 9.10. The molecule has 3 nitrogen and oxygen atoms in total. The van der Waals surface area contributed by atoms with Crippen LogP contribution in [0.1, 0.15) is 19.4 Å². The van der Waals surface area contributed by atoms with E-state index >= 15 is 0 Å². The topological polar surface area (TPSA) is 44.5 Å². The van der Waals surface area contributed by atoms with Crippen molar-refractivity contribution in [2.24, 2.45) is 5.73 Å². The van der Waals surface area contributed by atoms with Crippen molar-refractivity contribution < 1.29 is 13.9 Å². The molecule has 1 atom stereocenters. The molecule has 0 heterocycles. The first-order chi connectivity index (χ1) is 8.58. The second kappa shape index (κ2) is 7.59. The number of halogens is 2. The zero-order chi connectivity index (χ0) is 13.5. The van der Waals surface area contributed by atoms with E-state index in [9.17, 15) is 4.39 Å². The summed E-state index contributed by atoms with van der Waals surface area (Å²) in [5.74, 6) is 1.17. The molecule has 5 heteroatoms. The van der Waals surface area contributed by atoms with Gasteiger partial charge in [0, 0.05) is 6.04 Å². The van der Waals surface area contributed by atoms with Gasteiger partial charge in [0.15, 0.2) is 11.5 Å². The Hall–Kier alpha value is -0.810. The van der Waals surface area contributed by atoms with Crippen LogP contribution in [-0.4, -0.2) is 25.9 Å². The van der Waals surface area contributed by atoms with Gasteiger partial charge in [0.25, 0.3) is 0 Å². The first-order valence-corrected chi connectivity index (χ1v) is 6.77. The number of alkyl halides is 1. The summed E-state index contributed by atoms with van der Waals surface area (Å²) in [7, 11) is 0. The molecule has 18 heavy (non-hydrogen) atoms. The molecule has 102 valence electrons. The molecule has 0 spiro atoms. The number of hydrogen-bond acceptors (Lipinski definition) is 3. The minimum atomic E-state index is -0.528. The van der Waals surface area contributed by atoms with Crippen molar-refractivity contribution in [1.29, 1.82) is 0 Å². The Balaban J connectivity index is 3.01. The van der Waals surface area contributed by atoms with Crippen molar-refractivity contribution in [3.8, 4) is 11.5 Å². The lowest BCUT2D eigenvalue weighted by Crippen LogP contribution is -2.17. The highest BCUT2D eigenvalue weighted by Crippen LogP contribution is 2.37. The van der Waals surface area contributed by atoms with Crippen LogP contribution in [0.4, 0.5) is 4.39 Å². The molecule has 1 aromatic rings. The second-order valence-corrected chi connectivity index (χ2v) is 4.91. The molecule has 0 fully saturated rings. The smallest absolute Gasteiger partial charge is 0.175 e. The summed E-state index contributed by atoms with van der Waals surface area (Å²) in [5, 5.41) is 0. The molecule has 0 amide bonds. The summed E-state index contributed by atoms with van der Waals surface area (Å²) >= 11 is 3.42. The van der Waals surface area contributed by atoms with Gasteiger partial charge >= 0.3 is 0 Å². The third-order valence-corrected chi connectivity index (χ3v) is 2.84. The van der Waals surface area contributed by atoms with Crippen LogP contribution in [0.15, 0.2) is 16.6 Å². The SMILES string of the molecule is CCOc1cc(CC(C)N)cc(Br)c1OCCF. The maximum absolute atomic E-state index is 12.2. The molecule has 2 N–H and O–H groups in total. The molecule has 0 saturated heterocycles. The van der Waals surface area contributed by atoms with E-state index in [-0.39, 0.29) is 12.6 Å². The van der Waals surface area contributed by atoms with Crippen LogP contribution in [0, 0.1) is 0 Å². The third kappa shape index (κ3) is 4.46. The maximum Gasteiger partial charge on any atom is 0.175 e. The largest absolute Gasteiger partial charge is 0.490 e. The molecular weight excluding hydrogens is 301 g/mol. The molecule has 1 aromatic carbocycles. The Bertz CT molecular complexity index is 385. The molecule has 0 aliphatic heterocycles. The number of hydrogen-bond donors (Lipinski definition) is 1. The Morgan fingerprint density at radius 2 is 2.11 bits per heavy atom. The van der Waals surface area contributed by atoms with E-state index in [0.29, 0.717) is 18.1 Å². The van der Waals surface area contributed by atoms with Gasteiger partial charge in [-0.1, -0.05) is 0 Å². The summed E-state index contributed by atoms with van der Waals surface area (Å²) in [4.78, 5) is 0. The minimum absolute atomic E-state index is 0.0192. The predicted octanol–water partition coefficient (Wildman–Crippen LogP) is 3.09. The number of benzene rings is 1. The van der Waals surface area contributed by atoms with Crippen molar-refractivity contribution in [2.45, 2.75) is 26.3 Å². The van der Waals surface area contributed by atoms with Crippen LogP contribution in [-0.2, 0) is 6.42 Å². The number of rotatable bonds is 7. The van der Waals surface area contributed by atoms with Crippen molar-refractivity contribution in [2.75, 3.05) is 19.9 Å². The first-order valence-electron chi connectivity index (χ1n) is 5.98. The fraction of sp³-hybridized carbons (Fsp3) is 0.538. The highest BCUT2D eigenvalue weighted by Gasteiger charge is 2.13. The number of ether oxygens (including phenoxy) is 2. The van der Waals surface area contributed by atoms with Crippen molar-refractivity contribution >= 4 is 15.9 Å². The van der Waals surface area contributed by atoms with Crippen LogP contribution in [0.25, 0.3) is 0 Å². The molecular formula is C13H19BrFNO2. The third-order valence-electron chi connectivity index (χ3n) is 2.25. The molecule has 0 aliphatic carbocycles. The Morgan fingerprint density at radius 3 is 2.67 bits per heavy atom. The summed E-state index contributed by atoms with van der Waals surface area (Å²) in [6.07, 6.45) is 0.752. The monoisotopic (exact) mass is 319 g/mol. The summed E-state index contributed by atoms with van der Waals surface area (Å²) in [5.41, 5.74) is 6.84. The van der Waals surface area contributed by atoms with Gasteiger partial charge in [-0.05, 0) is 53.9 Å². The van der Waals surface area contributed by atoms with Crippen LogP contribution >= 0.6 is 15.9 Å². The highest BCUT2D eigenvalue weighted by atomic mass is 79.9. The van der Waals surface area contributed by atoms with Gasteiger partial charge in [-0.15, -0.1) is 0 Å². The van der Waals surface area contributed by atoms with E-state index in [1.54, 1.807) is 0 Å². The van der Waals surface area contributed by atoms with Crippen LogP contribution in [0.5, 0.6) is 11.5 Å². The van der Waals surface area contributed by atoms with E-state index in [4.69, 9.17) is 15.2 Å². The van der Waals surface area contributed by atoms with E-state index in [0.717, 1.165) is 16.5 Å². The lowest BCUT2D eigenvalue weighted by molar-refractivity contribution is 0.250. The average Bonchev–Trinajstić information content (AvgIpc) is 2.27. The molecule has 0 radical (unpaired) electrons. The zero-order valence-electron chi connectivity index (χ0n) is 10.7.